The molecule has 0 bridgehead atoms. The van der Waals surface area contributed by atoms with Crippen molar-refractivity contribution >= 4 is 22.6 Å². The molecule has 5 heteroatoms. The number of benzene rings is 1. The lowest BCUT2D eigenvalue weighted by molar-refractivity contribution is 0.177. The summed E-state index contributed by atoms with van der Waals surface area (Å²) in [6, 6.07) is 6.23. The Hall–Kier alpha value is -1.10. The van der Waals surface area contributed by atoms with Crippen LogP contribution in [0.4, 0.5) is 0 Å². The van der Waals surface area contributed by atoms with Crippen LogP contribution in [0.1, 0.15) is 18.8 Å². The monoisotopic (exact) mass is 278 g/mol. The van der Waals surface area contributed by atoms with Gasteiger partial charge in [0.1, 0.15) is 5.82 Å². The molecule has 1 fully saturated rings. The second-order valence-corrected chi connectivity index (χ2v) is 5.56. The molecule has 0 radical (unpaired) electrons. The number of aromatic nitrogens is 2. The fraction of sp³-hybridized carbons (Fsp3) is 0.500. The van der Waals surface area contributed by atoms with E-state index in [1.807, 2.05) is 18.2 Å². The van der Waals surface area contributed by atoms with Crippen LogP contribution in [0.5, 0.6) is 0 Å². The SMILES string of the molecule is CC(c1nc2cc(Cl)ccc2n1C)N1CCNCC1. The fourth-order valence-corrected chi connectivity index (χ4v) is 2.96. The van der Waals surface area contributed by atoms with Crippen LogP contribution in [0.2, 0.25) is 5.02 Å². The number of imidazole rings is 1. The molecule has 1 atom stereocenters. The highest BCUT2D eigenvalue weighted by molar-refractivity contribution is 6.31. The summed E-state index contributed by atoms with van der Waals surface area (Å²) in [5.74, 6) is 1.11. The number of hydrogen-bond donors (Lipinski definition) is 1. The Morgan fingerprint density at radius 3 is 2.79 bits per heavy atom. The molecule has 1 aliphatic rings. The van der Waals surface area contributed by atoms with Crippen LogP contribution in [0.3, 0.4) is 0 Å². The molecule has 1 unspecified atom stereocenters. The summed E-state index contributed by atoms with van der Waals surface area (Å²) >= 11 is 6.04. The molecule has 0 amide bonds. The number of halogens is 1. The highest BCUT2D eigenvalue weighted by Crippen LogP contribution is 2.25. The lowest BCUT2D eigenvalue weighted by atomic mass is 10.2. The van der Waals surface area contributed by atoms with Crippen LogP contribution in [-0.2, 0) is 7.05 Å². The van der Waals surface area contributed by atoms with Gasteiger partial charge in [-0.3, -0.25) is 4.90 Å². The molecule has 0 saturated carbocycles. The van der Waals surface area contributed by atoms with Gasteiger partial charge in [-0.1, -0.05) is 11.6 Å². The average molecular weight is 279 g/mol. The summed E-state index contributed by atoms with van der Waals surface area (Å²) in [5.41, 5.74) is 2.12. The predicted octanol–water partition coefficient (Wildman–Crippen LogP) is 2.19. The zero-order chi connectivity index (χ0) is 13.4. The quantitative estimate of drug-likeness (QED) is 0.914. The molecule has 102 valence electrons. The van der Waals surface area contributed by atoms with Crippen LogP contribution < -0.4 is 5.32 Å². The molecule has 0 aliphatic carbocycles. The van der Waals surface area contributed by atoms with E-state index >= 15 is 0 Å². The second kappa shape index (κ2) is 5.12. The van der Waals surface area contributed by atoms with Gasteiger partial charge in [-0.25, -0.2) is 4.98 Å². The highest BCUT2D eigenvalue weighted by atomic mass is 35.5. The topological polar surface area (TPSA) is 33.1 Å². The molecule has 2 heterocycles. The lowest BCUT2D eigenvalue weighted by Crippen LogP contribution is -2.44. The molecule has 3 rings (SSSR count). The fourth-order valence-electron chi connectivity index (χ4n) is 2.80. The number of hydrogen-bond acceptors (Lipinski definition) is 3. The Morgan fingerprint density at radius 1 is 1.32 bits per heavy atom. The minimum absolute atomic E-state index is 0.332. The third-order valence-electron chi connectivity index (χ3n) is 3.95. The van der Waals surface area contributed by atoms with Gasteiger partial charge in [-0.05, 0) is 25.1 Å². The maximum absolute atomic E-state index is 6.04. The van der Waals surface area contributed by atoms with E-state index in [1.165, 1.54) is 0 Å². The predicted molar refractivity (Wildman–Crippen MR) is 78.6 cm³/mol. The first kappa shape index (κ1) is 12.9. The van der Waals surface area contributed by atoms with Crippen molar-refractivity contribution in [2.45, 2.75) is 13.0 Å². The van der Waals surface area contributed by atoms with Crippen LogP contribution in [-0.4, -0.2) is 40.6 Å². The van der Waals surface area contributed by atoms with E-state index in [0.717, 1.165) is 48.1 Å². The molecular formula is C14H19ClN4. The number of rotatable bonds is 2. The molecule has 1 aromatic heterocycles. The van der Waals surface area contributed by atoms with Crippen LogP contribution >= 0.6 is 11.6 Å². The maximum atomic E-state index is 6.04. The minimum Gasteiger partial charge on any atom is -0.330 e. The van der Waals surface area contributed by atoms with Gasteiger partial charge in [-0.15, -0.1) is 0 Å². The van der Waals surface area contributed by atoms with Crippen molar-refractivity contribution in [3.63, 3.8) is 0 Å². The zero-order valence-electron chi connectivity index (χ0n) is 11.4. The third kappa shape index (κ3) is 2.36. The first-order valence-corrected chi connectivity index (χ1v) is 7.11. The number of nitrogens with one attached hydrogen (secondary N) is 1. The van der Waals surface area contributed by atoms with Gasteiger partial charge in [0.05, 0.1) is 17.1 Å². The number of aryl methyl sites for hydroxylation is 1. The Morgan fingerprint density at radius 2 is 2.05 bits per heavy atom. The van der Waals surface area contributed by atoms with Gasteiger partial charge < -0.3 is 9.88 Å². The Bertz CT molecular complexity index is 586. The van der Waals surface area contributed by atoms with Crippen molar-refractivity contribution in [1.29, 1.82) is 0 Å². The van der Waals surface area contributed by atoms with Crippen molar-refractivity contribution in [2.75, 3.05) is 26.2 Å². The largest absolute Gasteiger partial charge is 0.330 e. The maximum Gasteiger partial charge on any atom is 0.126 e. The van der Waals surface area contributed by atoms with Gasteiger partial charge in [0.2, 0.25) is 0 Å². The standard InChI is InChI=1S/C14H19ClN4/c1-10(19-7-5-16-6-8-19)14-17-12-9-11(15)3-4-13(12)18(14)2/h3-4,9-10,16H,5-8H2,1-2H3. The Balaban J connectivity index is 1.97. The van der Waals surface area contributed by atoms with E-state index in [9.17, 15) is 0 Å². The summed E-state index contributed by atoms with van der Waals surface area (Å²) in [7, 11) is 2.08. The van der Waals surface area contributed by atoms with Gasteiger partial charge >= 0.3 is 0 Å². The van der Waals surface area contributed by atoms with Crippen molar-refractivity contribution in [3.05, 3.63) is 29.0 Å². The molecule has 1 saturated heterocycles. The molecule has 0 spiro atoms. The van der Waals surface area contributed by atoms with E-state index in [1.54, 1.807) is 0 Å². The highest BCUT2D eigenvalue weighted by Gasteiger charge is 2.22. The third-order valence-corrected chi connectivity index (χ3v) is 4.19. The molecule has 1 N–H and O–H groups in total. The Kier molecular flexibility index (Phi) is 3.48. The van der Waals surface area contributed by atoms with Gasteiger partial charge in [0.15, 0.2) is 0 Å². The van der Waals surface area contributed by atoms with Crippen LogP contribution in [0.15, 0.2) is 18.2 Å². The number of fused-ring (bicyclic) bond motifs is 1. The summed E-state index contributed by atoms with van der Waals surface area (Å²) in [6.07, 6.45) is 0. The van der Waals surface area contributed by atoms with Crippen molar-refractivity contribution in [2.24, 2.45) is 7.05 Å². The normalized spacial score (nSPS) is 18.9. The zero-order valence-corrected chi connectivity index (χ0v) is 12.1. The van der Waals surface area contributed by atoms with Crippen molar-refractivity contribution in [1.82, 2.24) is 19.8 Å². The van der Waals surface area contributed by atoms with Crippen molar-refractivity contribution in [3.8, 4) is 0 Å². The van der Waals surface area contributed by atoms with Gasteiger partial charge in [-0.2, -0.15) is 0 Å². The van der Waals surface area contributed by atoms with Gasteiger partial charge in [0.25, 0.3) is 0 Å². The van der Waals surface area contributed by atoms with E-state index in [-0.39, 0.29) is 0 Å². The van der Waals surface area contributed by atoms with Crippen molar-refractivity contribution < 1.29 is 0 Å². The van der Waals surface area contributed by atoms with Crippen LogP contribution in [0, 0.1) is 0 Å². The smallest absolute Gasteiger partial charge is 0.126 e. The van der Waals surface area contributed by atoms with E-state index in [4.69, 9.17) is 16.6 Å². The van der Waals surface area contributed by atoms with E-state index in [2.05, 4.69) is 28.8 Å². The number of piperazine rings is 1. The first-order chi connectivity index (χ1) is 9.16. The Labute approximate surface area is 118 Å². The van der Waals surface area contributed by atoms with Crippen LogP contribution in [0.25, 0.3) is 11.0 Å². The lowest BCUT2D eigenvalue weighted by Gasteiger charge is -2.32. The van der Waals surface area contributed by atoms with Gasteiger partial charge in [0, 0.05) is 38.2 Å². The minimum atomic E-state index is 0.332. The average Bonchev–Trinajstić information content (AvgIpc) is 2.75. The summed E-state index contributed by atoms with van der Waals surface area (Å²) in [4.78, 5) is 7.24. The molecule has 19 heavy (non-hydrogen) atoms. The summed E-state index contributed by atoms with van der Waals surface area (Å²) < 4.78 is 2.18. The number of nitrogens with zero attached hydrogens (tertiary/aromatic N) is 3. The molecule has 2 aromatic rings. The van der Waals surface area contributed by atoms with E-state index in [0.29, 0.717) is 6.04 Å². The summed E-state index contributed by atoms with van der Waals surface area (Å²) in [5, 5.41) is 4.13. The molecule has 4 nitrogen and oxygen atoms in total. The second-order valence-electron chi connectivity index (χ2n) is 5.12. The first-order valence-electron chi connectivity index (χ1n) is 6.73. The molecule has 1 aromatic carbocycles. The molecular weight excluding hydrogens is 260 g/mol. The molecule has 1 aliphatic heterocycles. The van der Waals surface area contributed by atoms with E-state index < -0.39 is 0 Å². The summed E-state index contributed by atoms with van der Waals surface area (Å²) in [6.45, 7) is 6.49.